The second kappa shape index (κ2) is 4.70. The van der Waals surface area contributed by atoms with Crippen LogP contribution in [0.4, 0.5) is 0 Å². The van der Waals surface area contributed by atoms with Crippen LogP contribution in [0.3, 0.4) is 0 Å². The van der Waals surface area contributed by atoms with E-state index >= 15 is 0 Å². The van der Waals surface area contributed by atoms with Crippen LogP contribution in [0.2, 0.25) is 0 Å². The topological polar surface area (TPSA) is 49.5 Å². The smallest absolute Gasteiger partial charge is 0.0431 e. The number of likely N-dealkylation sites (tertiary alicyclic amines) is 1. The maximum absolute atomic E-state index is 8.55. The fourth-order valence-electron chi connectivity index (χ4n) is 1.51. The third-order valence-corrected chi connectivity index (χ3v) is 2.19. The number of rotatable bonds is 4. The van der Waals surface area contributed by atoms with Crippen molar-refractivity contribution in [1.82, 2.24) is 4.90 Å². The summed E-state index contributed by atoms with van der Waals surface area (Å²) < 4.78 is 0. The maximum atomic E-state index is 8.55. The second-order valence-corrected chi connectivity index (χ2v) is 3.28. The van der Waals surface area contributed by atoms with Crippen molar-refractivity contribution in [1.29, 1.82) is 0 Å². The van der Waals surface area contributed by atoms with E-state index < -0.39 is 0 Å². The lowest BCUT2D eigenvalue weighted by Crippen LogP contribution is -2.27. The Bertz CT molecular complexity index is 108. The number of aliphatic hydroxyl groups excluding tert-OH is 1. The van der Waals surface area contributed by atoms with Crippen molar-refractivity contribution < 1.29 is 5.11 Å². The Labute approximate surface area is 68.2 Å². The van der Waals surface area contributed by atoms with Crippen LogP contribution in [0.1, 0.15) is 19.3 Å². The molecule has 0 radical (unpaired) electrons. The largest absolute Gasteiger partial charge is 0.396 e. The summed E-state index contributed by atoms with van der Waals surface area (Å²) in [7, 11) is 0. The summed E-state index contributed by atoms with van der Waals surface area (Å²) >= 11 is 0. The highest BCUT2D eigenvalue weighted by Gasteiger charge is 2.17. The van der Waals surface area contributed by atoms with Crippen LogP contribution in [-0.2, 0) is 0 Å². The number of nitrogens with zero attached hydrogens (tertiary/aromatic N) is 1. The van der Waals surface area contributed by atoms with Gasteiger partial charge in [-0.15, -0.1) is 0 Å². The van der Waals surface area contributed by atoms with E-state index in [4.69, 9.17) is 10.8 Å². The van der Waals surface area contributed by atoms with Gasteiger partial charge in [0.1, 0.15) is 0 Å². The van der Waals surface area contributed by atoms with Crippen LogP contribution in [0, 0.1) is 0 Å². The minimum Gasteiger partial charge on any atom is -0.396 e. The van der Waals surface area contributed by atoms with Crippen molar-refractivity contribution in [2.75, 3.05) is 26.2 Å². The maximum Gasteiger partial charge on any atom is 0.0431 e. The van der Waals surface area contributed by atoms with E-state index in [2.05, 4.69) is 4.90 Å². The van der Waals surface area contributed by atoms with Gasteiger partial charge in [-0.3, -0.25) is 0 Å². The molecule has 3 nitrogen and oxygen atoms in total. The number of nitrogens with two attached hydrogens (primary N) is 1. The van der Waals surface area contributed by atoms with Crippen molar-refractivity contribution in [3.63, 3.8) is 0 Å². The number of hydrogen-bond acceptors (Lipinski definition) is 3. The van der Waals surface area contributed by atoms with Crippen LogP contribution >= 0.6 is 0 Å². The molecule has 1 atom stereocenters. The molecule has 1 saturated heterocycles. The van der Waals surface area contributed by atoms with E-state index in [1.165, 1.54) is 0 Å². The van der Waals surface area contributed by atoms with E-state index in [1.54, 1.807) is 0 Å². The van der Waals surface area contributed by atoms with Gasteiger partial charge in [-0.05, 0) is 32.4 Å². The molecule has 11 heavy (non-hydrogen) atoms. The molecule has 0 aromatic carbocycles. The van der Waals surface area contributed by atoms with Gasteiger partial charge in [-0.1, -0.05) is 0 Å². The van der Waals surface area contributed by atoms with Crippen molar-refractivity contribution in [2.24, 2.45) is 5.73 Å². The summed E-state index contributed by atoms with van der Waals surface area (Å²) in [4.78, 5) is 2.38. The zero-order chi connectivity index (χ0) is 8.10. The second-order valence-electron chi connectivity index (χ2n) is 3.28. The minimum atomic E-state index is 0.319. The number of aliphatic hydroxyl groups is 1. The molecule has 0 aliphatic carbocycles. The quantitative estimate of drug-likeness (QED) is 0.557. The fourth-order valence-corrected chi connectivity index (χ4v) is 1.51. The van der Waals surface area contributed by atoms with E-state index in [0.29, 0.717) is 12.6 Å². The molecule has 1 aliphatic heterocycles. The Morgan fingerprint density at radius 3 is 2.82 bits per heavy atom. The lowest BCUT2D eigenvalue weighted by Gasteiger charge is -2.13. The highest BCUT2D eigenvalue weighted by molar-refractivity contribution is 4.77. The van der Waals surface area contributed by atoms with Crippen molar-refractivity contribution in [3.05, 3.63) is 0 Å². The van der Waals surface area contributed by atoms with Gasteiger partial charge >= 0.3 is 0 Å². The average Bonchev–Trinajstić information content (AvgIpc) is 2.37. The standard InChI is InChI=1S/C8H18N2O/c9-8-3-5-10(7-8)4-1-2-6-11/h8,11H,1-7,9H2. The SMILES string of the molecule is NC1CCN(CCCCO)C1. The summed E-state index contributed by atoms with van der Waals surface area (Å²) in [6, 6.07) is 0.393. The first-order valence-electron chi connectivity index (χ1n) is 4.41. The van der Waals surface area contributed by atoms with Crippen LogP contribution < -0.4 is 5.73 Å². The molecule has 0 aromatic heterocycles. The molecular weight excluding hydrogens is 140 g/mol. The van der Waals surface area contributed by atoms with Crippen LogP contribution in [0.5, 0.6) is 0 Å². The molecular formula is C8H18N2O. The van der Waals surface area contributed by atoms with Crippen molar-refractivity contribution in [3.8, 4) is 0 Å². The molecule has 1 unspecified atom stereocenters. The first kappa shape index (κ1) is 8.97. The first-order valence-corrected chi connectivity index (χ1v) is 4.41. The zero-order valence-corrected chi connectivity index (χ0v) is 7.00. The third-order valence-electron chi connectivity index (χ3n) is 2.19. The lowest BCUT2D eigenvalue weighted by atomic mass is 10.3. The van der Waals surface area contributed by atoms with Crippen LogP contribution in [0.25, 0.3) is 0 Å². The van der Waals surface area contributed by atoms with Crippen molar-refractivity contribution in [2.45, 2.75) is 25.3 Å². The third kappa shape index (κ3) is 3.18. The Hall–Kier alpha value is -0.120. The van der Waals surface area contributed by atoms with Gasteiger partial charge in [0.25, 0.3) is 0 Å². The van der Waals surface area contributed by atoms with Gasteiger partial charge in [-0.2, -0.15) is 0 Å². The molecule has 1 rings (SSSR count). The molecule has 66 valence electrons. The van der Waals surface area contributed by atoms with Gasteiger partial charge in [-0.25, -0.2) is 0 Å². The Morgan fingerprint density at radius 2 is 2.27 bits per heavy atom. The monoisotopic (exact) mass is 158 g/mol. The molecule has 3 heteroatoms. The molecule has 0 bridgehead atoms. The highest BCUT2D eigenvalue weighted by Crippen LogP contribution is 2.07. The molecule has 0 aromatic rings. The average molecular weight is 158 g/mol. The summed E-state index contributed by atoms with van der Waals surface area (Å²) in [6.07, 6.45) is 3.16. The highest BCUT2D eigenvalue weighted by atomic mass is 16.2. The Balaban J connectivity index is 1.99. The summed E-state index contributed by atoms with van der Waals surface area (Å²) in [5.74, 6) is 0. The summed E-state index contributed by atoms with van der Waals surface area (Å²) in [5, 5.41) is 8.55. The molecule has 1 heterocycles. The first-order chi connectivity index (χ1) is 5.33. The predicted octanol–water partition coefficient (Wildman–Crippen LogP) is -0.208. The molecule has 0 spiro atoms. The van der Waals surface area contributed by atoms with E-state index in [1.807, 2.05) is 0 Å². The predicted molar refractivity (Wildman–Crippen MR) is 45.4 cm³/mol. The van der Waals surface area contributed by atoms with Crippen LogP contribution in [-0.4, -0.2) is 42.3 Å². The van der Waals surface area contributed by atoms with Crippen molar-refractivity contribution >= 4 is 0 Å². The van der Waals surface area contributed by atoms with Gasteiger partial charge in [0.15, 0.2) is 0 Å². The van der Waals surface area contributed by atoms with Gasteiger partial charge < -0.3 is 15.7 Å². The number of unbranched alkanes of at least 4 members (excludes halogenated alkanes) is 1. The Kier molecular flexibility index (Phi) is 3.83. The van der Waals surface area contributed by atoms with E-state index in [-0.39, 0.29) is 0 Å². The molecule has 1 aliphatic rings. The number of hydrogen-bond donors (Lipinski definition) is 2. The lowest BCUT2D eigenvalue weighted by molar-refractivity contribution is 0.263. The molecule has 3 N–H and O–H groups in total. The van der Waals surface area contributed by atoms with Gasteiger partial charge in [0.05, 0.1) is 0 Å². The summed E-state index contributed by atoms with van der Waals surface area (Å²) in [5.41, 5.74) is 5.74. The normalized spacial score (nSPS) is 26.2. The van der Waals surface area contributed by atoms with Gasteiger partial charge in [0, 0.05) is 19.2 Å². The fraction of sp³-hybridized carbons (Fsp3) is 1.00. The molecule has 0 saturated carbocycles. The summed E-state index contributed by atoms with van der Waals surface area (Å²) in [6.45, 7) is 3.62. The van der Waals surface area contributed by atoms with Crippen LogP contribution in [0.15, 0.2) is 0 Å². The molecule has 1 fully saturated rings. The van der Waals surface area contributed by atoms with E-state index in [9.17, 15) is 0 Å². The molecule has 0 amide bonds. The van der Waals surface area contributed by atoms with Gasteiger partial charge in [0.2, 0.25) is 0 Å². The zero-order valence-electron chi connectivity index (χ0n) is 7.00. The Morgan fingerprint density at radius 1 is 1.45 bits per heavy atom. The van der Waals surface area contributed by atoms with E-state index in [0.717, 1.165) is 38.9 Å². The minimum absolute atomic E-state index is 0.319.